The maximum atomic E-state index is 14.9. The van der Waals surface area contributed by atoms with Gasteiger partial charge in [-0.15, -0.1) is 13.2 Å². The predicted octanol–water partition coefficient (Wildman–Crippen LogP) is 12.5. The second kappa shape index (κ2) is 29.3. The summed E-state index contributed by atoms with van der Waals surface area (Å²) in [5.41, 5.74) is 4.06. The molecular formula is C60H81N3O11. The number of fused-ring (bicyclic) bond motifs is 3. The lowest BCUT2D eigenvalue weighted by Crippen LogP contribution is -2.70. The minimum Gasteiger partial charge on any atom is -0.459 e. The van der Waals surface area contributed by atoms with E-state index in [1.54, 1.807) is 23.1 Å². The van der Waals surface area contributed by atoms with E-state index in [0.717, 1.165) is 67.2 Å². The summed E-state index contributed by atoms with van der Waals surface area (Å²) in [4.78, 5) is 36.4. The lowest BCUT2D eigenvalue weighted by molar-refractivity contribution is -0.256. The lowest BCUT2D eigenvalue weighted by Gasteiger charge is -2.59. The molecule has 14 heteroatoms. The van der Waals surface area contributed by atoms with Gasteiger partial charge in [-0.1, -0.05) is 137 Å². The van der Waals surface area contributed by atoms with Crippen LogP contribution in [-0.4, -0.2) is 84.6 Å². The second-order valence-electron chi connectivity index (χ2n) is 20.0. The Morgan fingerprint density at radius 1 is 0.824 bits per heavy atom. The summed E-state index contributed by atoms with van der Waals surface area (Å²) >= 11 is 0. The number of allylic oxidation sites excluding steroid dienone is 1. The van der Waals surface area contributed by atoms with Gasteiger partial charge in [-0.05, 0) is 97.4 Å². The topological polar surface area (TPSA) is 167 Å². The van der Waals surface area contributed by atoms with Crippen LogP contribution < -0.4 is 24.3 Å². The van der Waals surface area contributed by atoms with Crippen LogP contribution in [0.3, 0.4) is 0 Å². The second-order valence-corrected chi connectivity index (χ2v) is 20.0. The Hall–Kier alpha value is -5.83. The molecule has 2 amide bonds. The number of carbonyl (C=O) groups is 2. The third-order valence-electron chi connectivity index (χ3n) is 14.9. The monoisotopic (exact) mass is 1020 g/mol. The molecule has 2 aliphatic heterocycles. The zero-order valence-electron chi connectivity index (χ0n) is 43.7. The number of amides is 2. The van der Waals surface area contributed by atoms with E-state index >= 15 is 0 Å². The third-order valence-corrected chi connectivity index (χ3v) is 14.9. The van der Waals surface area contributed by atoms with Crippen molar-refractivity contribution in [2.75, 3.05) is 39.8 Å². The van der Waals surface area contributed by atoms with Gasteiger partial charge < -0.3 is 48.8 Å². The number of hydrogen-bond acceptors (Lipinski definition) is 12. The number of nitrogens with zero attached hydrogens (tertiary/aromatic N) is 2. The minimum atomic E-state index is -1.55. The molecule has 2 heterocycles. The Morgan fingerprint density at radius 2 is 1.55 bits per heavy atom. The van der Waals surface area contributed by atoms with Gasteiger partial charge >= 0.3 is 12.2 Å². The zero-order valence-corrected chi connectivity index (χ0v) is 43.7. The SMILES string of the molecule is C=CCCOC(=O)N(Cc1ccc2c(c1)OCO2)C1CC(=NOCc2ccccc2)C2=CC(CCCCO)C(CCCCO)C3c4cc(OC(=O)NCCCCCCCCCCCC)ccc4OC1(OCC=C)C23. The molecule has 402 valence electrons. The van der Waals surface area contributed by atoms with E-state index in [4.69, 9.17) is 38.4 Å². The first-order chi connectivity index (χ1) is 36.3. The molecular weight excluding hydrogens is 939 g/mol. The molecule has 74 heavy (non-hydrogen) atoms. The van der Waals surface area contributed by atoms with Crippen molar-refractivity contribution in [3.05, 3.63) is 120 Å². The largest absolute Gasteiger partial charge is 0.459 e. The van der Waals surface area contributed by atoms with E-state index in [1.165, 1.54) is 44.9 Å². The molecule has 14 nitrogen and oxygen atoms in total. The van der Waals surface area contributed by atoms with Crippen LogP contribution in [0.25, 0.3) is 0 Å². The fraction of sp³-hybridized carbons (Fsp3) is 0.550. The van der Waals surface area contributed by atoms with Crippen LogP contribution in [0, 0.1) is 17.8 Å². The molecule has 7 rings (SSSR count). The molecule has 3 N–H and O–H groups in total. The molecule has 0 saturated heterocycles. The van der Waals surface area contributed by atoms with Crippen molar-refractivity contribution >= 4 is 17.9 Å². The molecule has 3 aromatic rings. The number of carbonyl (C=O) groups excluding carboxylic acids is 2. The van der Waals surface area contributed by atoms with Crippen LogP contribution in [0.1, 0.15) is 145 Å². The smallest absolute Gasteiger partial charge is 0.412 e. The van der Waals surface area contributed by atoms with E-state index in [1.807, 2.05) is 60.7 Å². The van der Waals surface area contributed by atoms with Gasteiger partial charge in [0.25, 0.3) is 0 Å². The molecule has 6 unspecified atom stereocenters. The Kier molecular flexibility index (Phi) is 22.1. The highest BCUT2D eigenvalue weighted by Gasteiger charge is 2.66. The Morgan fingerprint density at radius 3 is 2.30 bits per heavy atom. The number of hydrogen-bond donors (Lipinski definition) is 3. The average Bonchev–Trinajstić information content (AvgIpc) is 3.92. The minimum absolute atomic E-state index is 0.00189. The maximum absolute atomic E-state index is 14.9. The summed E-state index contributed by atoms with van der Waals surface area (Å²) in [6.07, 6.45) is 21.5. The van der Waals surface area contributed by atoms with E-state index in [0.29, 0.717) is 54.5 Å². The number of ether oxygens (including phenoxy) is 6. The highest BCUT2D eigenvalue weighted by atomic mass is 16.7. The molecule has 4 aliphatic rings. The summed E-state index contributed by atoms with van der Waals surface area (Å²) in [5.74, 6) is -0.443. The van der Waals surface area contributed by atoms with E-state index in [2.05, 4.69) is 31.5 Å². The number of aliphatic hydroxyl groups excluding tert-OH is 2. The van der Waals surface area contributed by atoms with Crippen molar-refractivity contribution < 1.29 is 53.1 Å². The molecule has 0 radical (unpaired) electrons. The van der Waals surface area contributed by atoms with Gasteiger partial charge in [-0.25, -0.2) is 9.59 Å². The number of nitrogens with one attached hydrogen (secondary N) is 1. The van der Waals surface area contributed by atoms with Crippen molar-refractivity contribution in [1.82, 2.24) is 10.2 Å². The van der Waals surface area contributed by atoms with Gasteiger partial charge in [-0.2, -0.15) is 0 Å². The number of oxime groups is 1. The van der Waals surface area contributed by atoms with Gasteiger partial charge in [0.05, 0.1) is 24.8 Å². The van der Waals surface area contributed by atoms with Crippen LogP contribution in [0.15, 0.2) is 109 Å². The fourth-order valence-electron chi connectivity index (χ4n) is 11.3. The summed E-state index contributed by atoms with van der Waals surface area (Å²) in [6, 6.07) is 20.1. The number of rotatable bonds is 32. The molecule has 3 aromatic carbocycles. The molecule has 0 aromatic heterocycles. The highest BCUT2D eigenvalue weighted by Crippen LogP contribution is 2.62. The summed E-state index contributed by atoms with van der Waals surface area (Å²) < 4.78 is 38.2. The number of benzene rings is 3. The van der Waals surface area contributed by atoms with E-state index in [9.17, 15) is 19.8 Å². The van der Waals surface area contributed by atoms with E-state index < -0.39 is 29.9 Å². The van der Waals surface area contributed by atoms with Gasteiger partial charge in [-0.3, -0.25) is 4.90 Å². The molecule has 1 saturated carbocycles. The standard InChI is InChI=1S/C60H81N3O11/c1-4-7-9-10-11-12-13-14-15-21-32-61-58(66)73-47-29-31-52-50(39-47)56-48(27-20-23-34-65)46(26-19-22-33-64)38-49-51(62-72-42-44-24-17-16-18-25-44)40-55(60(74-52,57(49)56)71-35-6-3)63(59(67)68-36-8-5-2)41-45-28-30-53-54(37-45)70-43-69-53/h5-6,16-18,24-25,28-31,37-39,46,48,55-57,64-65H,2-4,7-15,19-23,26-27,32-36,40-43H2,1H3,(H,61,66). The lowest BCUT2D eigenvalue weighted by atomic mass is 9.55. The van der Waals surface area contributed by atoms with Crippen molar-refractivity contribution in [2.24, 2.45) is 22.9 Å². The maximum Gasteiger partial charge on any atom is 0.412 e. The van der Waals surface area contributed by atoms with Crippen molar-refractivity contribution in [1.29, 1.82) is 0 Å². The van der Waals surface area contributed by atoms with Crippen molar-refractivity contribution in [3.8, 4) is 23.0 Å². The first-order valence-electron chi connectivity index (χ1n) is 27.5. The average molecular weight is 1020 g/mol. The van der Waals surface area contributed by atoms with Crippen molar-refractivity contribution in [3.63, 3.8) is 0 Å². The summed E-state index contributed by atoms with van der Waals surface area (Å²) in [6.45, 7) is 11.4. The quantitative estimate of drug-likeness (QED) is 0.0309. The van der Waals surface area contributed by atoms with Crippen molar-refractivity contribution in [2.45, 2.75) is 153 Å². The van der Waals surface area contributed by atoms with Crippen LogP contribution in [-0.2, 0) is 27.5 Å². The fourth-order valence-corrected chi connectivity index (χ4v) is 11.3. The molecule has 0 bridgehead atoms. The summed E-state index contributed by atoms with van der Waals surface area (Å²) in [5, 5.41) is 28.1. The molecule has 2 aliphatic carbocycles. The van der Waals surface area contributed by atoms with Gasteiger partial charge in [0, 0.05) is 44.2 Å². The number of aliphatic hydroxyl groups is 2. The molecule has 0 spiro atoms. The first-order valence-corrected chi connectivity index (χ1v) is 27.5. The van der Waals surface area contributed by atoms with Crippen LogP contribution in [0.2, 0.25) is 0 Å². The van der Waals surface area contributed by atoms with Crippen LogP contribution in [0.4, 0.5) is 9.59 Å². The Labute approximate surface area is 439 Å². The van der Waals surface area contributed by atoms with Gasteiger partial charge in [0.15, 0.2) is 11.5 Å². The van der Waals surface area contributed by atoms with Crippen LogP contribution in [0.5, 0.6) is 23.0 Å². The number of unbranched alkanes of at least 4 members (excludes halogenated alkanes) is 11. The van der Waals surface area contributed by atoms with Crippen LogP contribution >= 0.6 is 0 Å². The molecule has 1 fully saturated rings. The van der Waals surface area contributed by atoms with Gasteiger partial charge in [0.1, 0.15) is 24.1 Å². The third kappa shape index (κ3) is 14.7. The highest BCUT2D eigenvalue weighted by molar-refractivity contribution is 6.03. The van der Waals surface area contributed by atoms with Gasteiger partial charge in [0.2, 0.25) is 12.6 Å². The molecule has 6 atom stereocenters. The predicted molar refractivity (Wildman–Crippen MR) is 286 cm³/mol. The zero-order chi connectivity index (χ0) is 52.0. The first kappa shape index (κ1) is 55.9. The normalized spacial score (nSPS) is 21.6. The Bertz CT molecular complexity index is 2320. The summed E-state index contributed by atoms with van der Waals surface area (Å²) in [7, 11) is 0. The Balaban J connectivity index is 1.30. The van der Waals surface area contributed by atoms with E-state index in [-0.39, 0.29) is 70.5 Å².